The predicted octanol–water partition coefficient (Wildman–Crippen LogP) is 4.22. The summed E-state index contributed by atoms with van der Waals surface area (Å²) in [6.07, 6.45) is 4.93. The number of amides is 1. The minimum atomic E-state index is -0.283. The van der Waals surface area contributed by atoms with Gasteiger partial charge in [0.1, 0.15) is 10.1 Å². The van der Waals surface area contributed by atoms with E-state index in [9.17, 15) is 9.18 Å². The Morgan fingerprint density at radius 3 is 2.65 bits per heavy atom. The number of thiocarbonyl (C=S) groups is 1. The molecule has 0 radical (unpaired) electrons. The maximum absolute atomic E-state index is 12.9. The van der Waals surface area contributed by atoms with E-state index in [1.165, 1.54) is 23.9 Å². The van der Waals surface area contributed by atoms with Crippen LogP contribution in [0.1, 0.15) is 31.7 Å². The summed E-state index contributed by atoms with van der Waals surface area (Å²) in [6.45, 7) is 2.80. The van der Waals surface area contributed by atoms with Gasteiger partial charge < -0.3 is 0 Å². The van der Waals surface area contributed by atoms with Crippen LogP contribution in [0.25, 0.3) is 6.08 Å². The number of unbranched alkanes of at least 4 members (excludes halogenated alkanes) is 2. The molecule has 5 heteroatoms. The van der Waals surface area contributed by atoms with Gasteiger partial charge in [-0.2, -0.15) is 0 Å². The molecule has 0 N–H and O–H groups in total. The third-order valence-electron chi connectivity index (χ3n) is 3.03. The second-order valence-corrected chi connectivity index (χ2v) is 6.27. The van der Waals surface area contributed by atoms with Gasteiger partial charge in [-0.05, 0) is 30.2 Å². The molecule has 1 aliphatic rings. The average molecular weight is 309 g/mol. The molecule has 1 aromatic rings. The fraction of sp³-hybridized carbons (Fsp3) is 0.333. The van der Waals surface area contributed by atoms with Crippen molar-refractivity contribution in [1.82, 2.24) is 4.90 Å². The Morgan fingerprint density at radius 1 is 1.30 bits per heavy atom. The molecule has 1 aromatic carbocycles. The summed E-state index contributed by atoms with van der Waals surface area (Å²) in [5.74, 6) is -0.324. The number of rotatable bonds is 5. The highest BCUT2D eigenvalue weighted by atomic mass is 32.2. The quantitative estimate of drug-likeness (QED) is 0.461. The summed E-state index contributed by atoms with van der Waals surface area (Å²) in [6, 6.07) is 6.07. The molecule has 0 atom stereocenters. The van der Waals surface area contributed by atoms with E-state index in [1.807, 2.05) is 0 Å². The molecule has 0 aliphatic carbocycles. The van der Waals surface area contributed by atoms with Crippen molar-refractivity contribution in [1.29, 1.82) is 0 Å². The zero-order valence-corrected chi connectivity index (χ0v) is 12.9. The van der Waals surface area contributed by atoms with Gasteiger partial charge in [0.2, 0.25) is 0 Å². The van der Waals surface area contributed by atoms with Crippen LogP contribution in [0.5, 0.6) is 0 Å². The number of benzene rings is 1. The summed E-state index contributed by atoms with van der Waals surface area (Å²) in [5.41, 5.74) is 0.806. The van der Waals surface area contributed by atoms with Gasteiger partial charge in [0.15, 0.2) is 0 Å². The Bertz CT molecular complexity index is 539. The summed E-state index contributed by atoms with van der Waals surface area (Å²) >= 11 is 6.56. The number of thioether (sulfide) groups is 1. The smallest absolute Gasteiger partial charge is 0.266 e. The molecule has 2 nitrogen and oxygen atoms in total. The maximum Gasteiger partial charge on any atom is 0.266 e. The summed E-state index contributed by atoms with van der Waals surface area (Å²) in [7, 11) is 0. The molecule has 20 heavy (non-hydrogen) atoms. The second kappa shape index (κ2) is 6.99. The van der Waals surface area contributed by atoms with Crippen molar-refractivity contribution < 1.29 is 9.18 Å². The first kappa shape index (κ1) is 15.2. The molecule has 2 rings (SSSR count). The lowest BCUT2D eigenvalue weighted by Crippen LogP contribution is -2.28. The van der Waals surface area contributed by atoms with Crippen LogP contribution in [0.2, 0.25) is 0 Å². The van der Waals surface area contributed by atoms with Crippen LogP contribution in [0.4, 0.5) is 4.39 Å². The van der Waals surface area contributed by atoms with Gasteiger partial charge in [-0.1, -0.05) is 55.9 Å². The number of hydrogen-bond acceptors (Lipinski definition) is 3. The minimum Gasteiger partial charge on any atom is -0.293 e. The Balaban J connectivity index is 2.09. The molecule has 0 saturated carbocycles. The van der Waals surface area contributed by atoms with Gasteiger partial charge in [-0.25, -0.2) is 4.39 Å². The van der Waals surface area contributed by atoms with Crippen molar-refractivity contribution in [3.8, 4) is 0 Å². The third-order valence-corrected chi connectivity index (χ3v) is 4.40. The average Bonchev–Trinajstić information content (AvgIpc) is 2.69. The maximum atomic E-state index is 12.9. The normalized spacial score (nSPS) is 17.3. The van der Waals surface area contributed by atoms with Crippen molar-refractivity contribution in [3.63, 3.8) is 0 Å². The Kier molecular flexibility index (Phi) is 5.31. The van der Waals surface area contributed by atoms with Crippen LogP contribution in [-0.4, -0.2) is 21.7 Å². The van der Waals surface area contributed by atoms with Crippen LogP contribution >= 0.6 is 24.0 Å². The monoisotopic (exact) mass is 309 g/mol. The topological polar surface area (TPSA) is 20.3 Å². The molecular formula is C15H16FNOS2. The van der Waals surface area contributed by atoms with E-state index in [0.717, 1.165) is 24.8 Å². The molecule has 1 amide bonds. The van der Waals surface area contributed by atoms with Gasteiger partial charge in [0, 0.05) is 6.54 Å². The van der Waals surface area contributed by atoms with Gasteiger partial charge in [-0.3, -0.25) is 9.69 Å². The number of halogens is 1. The molecule has 0 bridgehead atoms. The third kappa shape index (κ3) is 3.67. The molecular weight excluding hydrogens is 293 g/mol. The first-order valence-electron chi connectivity index (χ1n) is 6.62. The second-order valence-electron chi connectivity index (χ2n) is 4.59. The standard InChI is InChI=1S/C15H16FNOS2/c1-2-3-4-9-17-14(18)13(20-15(17)19)10-11-5-7-12(16)8-6-11/h5-8,10H,2-4,9H2,1H3. The molecule has 0 spiro atoms. The zero-order chi connectivity index (χ0) is 14.5. The van der Waals surface area contributed by atoms with E-state index >= 15 is 0 Å². The number of carbonyl (C=O) groups excluding carboxylic acids is 1. The highest BCUT2D eigenvalue weighted by molar-refractivity contribution is 8.26. The Labute approximate surface area is 128 Å². The SMILES string of the molecule is CCCCCN1C(=O)C(=Cc2ccc(F)cc2)SC1=S. The number of carbonyl (C=O) groups is 1. The van der Waals surface area contributed by atoms with E-state index in [1.54, 1.807) is 23.1 Å². The first-order valence-corrected chi connectivity index (χ1v) is 7.85. The molecule has 0 aromatic heterocycles. The molecule has 1 saturated heterocycles. The molecule has 1 heterocycles. The largest absolute Gasteiger partial charge is 0.293 e. The molecule has 0 unspecified atom stereocenters. The lowest BCUT2D eigenvalue weighted by atomic mass is 10.2. The van der Waals surface area contributed by atoms with E-state index < -0.39 is 0 Å². The predicted molar refractivity (Wildman–Crippen MR) is 85.8 cm³/mol. The zero-order valence-electron chi connectivity index (χ0n) is 11.3. The first-order chi connectivity index (χ1) is 9.61. The highest BCUT2D eigenvalue weighted by Crippen LogP contribution is 2.32. The van der Waals surface area contributed by atoms with E-state index in [4.69, 9.17) is 12.2 Å². The van der Waals surface area contributed by atoms with E-state index in [2.05, 4.69) is 6.92 Å². The lowest BCUT2D eigenvalue weighted by molar-refractivity contribution is -0.122. The van der Waals surface area contributed by atoms with Gasteiger partial charge in [0.05, 0.1) is 4.91 Å². The van der Waals surface area contributed by atoms with Gasteiger partial charge in [-0.15, -0.1) is 0 Å². The van der Waals surface area contributed by atoms with Crippen molar-refractivity contribution in [3.05, 3.63) is 40.6 Å². The number of hydrogen-bond donors (Lipinski definition) is 0. The summed E-state index contributed by atoms with van der Waals surface area (Å²) < 4.78 is 13.5. The molecule has 1 aliphatic heterocycles. The van der Waals surface area contributed by atoms with Crippen LogP contribution in [-0.2, 0) is 4.79 Å². The van der Waals surface area contributed by atoms with Crippen LogP contribution in [0.3, 0.4) is 0 Å². The van der Waals surface area contributed by atoms with Crippen molar-refractivity contribution in [2.45, 2.75) is 26.2 Å². The molecule has 1 fully saturated rings. The fourth-order valence-electron chi connectivity index (χ4n) is 1.92. The lowest BCUT2D eigenvalue weighted by Gasteiger charge is -2.13. The number of nitrogens with zero attached hydrogens (tertiary/aromatic N) is 1. The van der Waals surface area contributed by atoms with Crippen molar-refractivity contribution in [2.75, 3.05) is 6.54 Å². The van der Waals surface area contributed by atoms with E-state index in [0.29, 0.717) is 15.8 Å². The molecule has 106 valence electrons. The van der Waals surface area contributed by atoms with E-state index in [-0.39, 0.29) is 11.7 Å². The summed E-state index contributed by atoms with van der Waals surface area (Å²) in [4.78, 5) is 14.5. The minimum absolute atomic E-state index is 0.0413. The van der Waals surface area contributed by atoms with Crippen molar-refractivity contribution in [2.24, 2.45) is 0 Å². The fourth-order valence-corrected chi connectivity index (χ4v) is 3.23. The van der Waals surface area contributed by atoms with Crippen LogP contribution in [0.15, 0.2) is 29.2 Å². The highest BCUT2D eigenvalue weighted by Gasteiger charge is 2.31. The van der Waals surface area contributed by atoms with Crippen molar-refractivity contribution >= 4 is 40.3 Å². The van der Waals surface area contributed by atoms with Gasteiger partial charge in [0.25, 0.3) is 5.91 Å². The Hall–Kier alpha value is -1.20. The Morgan fingerprint density at radius 2 is 2.00 bits per heavy atom. The van der Waals surface area contributed by atoms with Crippen LogP contribution < -0.4 is 0 Å². The van der Waals surface area contributed by atoms with Gasteiger partial charge >= 0.3 is 0 Å². The van der Waals surface area contributed by atoms with Crippen LogP contribution in [0, 0.1) is 5.82 Å². The summed E-state index contributed by atoms with van der Waals surface area (Å²) in [5, 5.41) is 0.